The van der Waals surface area contributed by atoms with E-state index in [0.29, 0.717) is 30.8 Å². The molecule has 0 unspecified atom stereocenters. The topological polar surface area (TPSA) is 131 Å². The van der Waals surface area contributed by atoms with Crippen molar-refractivity contribution in [3.8, 4) is 6.07 Å². The number of halogens is 3. The smallest absolute Gasteiger partial charge is 0.368 e. The van der Waals surface area contributed by atoms with Gasteiger partial charge in [0.05, 0.1) is 11.6 Å². The van der Waals surface area contributed by atoms with Crippen LogP contribution in [0.15, 0.2) is 29.3 Å². The number of aromatic nitrogens is 2. The Bertz CT molecular complexity index is 961. The third-order valence-electron chi connectivity index (χ3n) is 4.48. The molecular weight excluding hydrogens is 429 g/mol. The summed E-state index contributed by atoms with van der Waals surface area (Å²) in [6, 6.07) is 5.89. The number of nitrogens with zero attached hydrogens (tertiary/aromatic N) is 3. The quantitative estimate of drug-likeness (QED) is 0.284. The summed E-state index contributed by atoms with van der Waals surface area (Å²) in [7, 11) is 0. The largest absolute Gasteiger partial charge is 0.416 e. The van der Waals surface area contributed by atoms with Gasteiger partial charge >= 0.3 is 6.18 Å². The van der Waals surface area contributed by atoms with E-state index in [1.165, 1.54) is 23.9 Å². The second kappa shape index (κ2) is 11.0. The molecule has 0 aliphatic rings. The van der Waals surface area contributed by atoms with E-state index in [1.54, 1.807) is 6.26 Å². The van der Waals surface area contributed by atoms with Crippen molar-refractivity contribution in [2.75, 3.05) is 23.9 Å². The van der Waals surface area contributed by atoms with Gasteiger partial charge < -0.3 is 16.8 Å². The minimum absolute atomic E-state index is 0.0584. The van der Waals surface area contributed by atoms with E-state index in [9.17, 15) is 23.2 Å². The predicted molar refractivity (Wildman–Crippen MR) is 113 cm³/mol. The number of hydrogen-bond donors (Lipinski definition) is 3. The maximum atomic E-state index is 13.0. The van der Waals surface area contributed by atoms with Crippen LogP contribution in [0.25, 0.3) is 0 Å². The van der Waals surface area contributed by atoms with Crippen molar-refractivity contribution in [3.05, 3.63) is 41.0 Å². The number of anilines is 2. The minimum Gasteiger partial charge on any atom is -0.368 e. The maximum absolute atomic E-state index is 13.0. The van der Waals surface area contributed by atoms with Gasteiger partial charge in [-0.1, -0.05) is 18.2 Å². The van der Waals surface area contributed by atoms with Crippen LogP contribution in [-0.4, -0.2) is 34.6 Å². The van der Waals surface area contributed by atoms with Crippen LogP contribution >= 0.6 is 11.8 Å². The summed E-state index contributed by atoms with van der Waals surface area (Å²) in [6.45, 7) is 0.440. The van der Waals surface area contributed by atoms with Crippen LogP contribution in [0.3, 0.4) is 0 Å². The number of Topliss-reactive ketones (excluding diaryl/α,β-unsaturated/α-hetero) is 1. The van der Waals surface area contributed by atoms with Gasteiger partial charge in [-0.2, -0.15) is 23.4 Å². The van der Waals surface area contributed by atoms with Crippen LogP contribution in [0, 0.1) is 11.3 Å². The van der Waals surface area contributed by atoms with E-state index in [4.69, 9.17) is 11.5 Å². The van der Waals surface area contributed by atoms with Gasteiger partial charge in [-0.3, -0.25) is 4.79 Å². The van der Waals surface area contributed by atoms with E-state index >= 15 is 0 Å². The Morgan fingerprint density at radius 2 is 2.06 bits per heavy atom. The molecule has 0 aliphatic carbocycles. The van der Waals surface area contributed by atoms with Gasteiger partial charge in [0, 0.05) is 6.42 Å². The van der Waals surface area contributed by atoms with Crippen molar-refractivity contribution in [2.45, 2.75) is 42.9 Å². The Balaban J connectivity index is 2.30. The van der Waals surface area contributed by atoms with Crippen molar-refractivity contribution in [1.29, 1.82) is 5.26 Å². The highest BCUT2D eigenvalue weighted by Crippen LogP contribution is 2.30. The molecule has 31 heavy (non-hydrogen) atoms. The highest BCUT2D eigenvalue weighted by molar-refractivity contribution is 7.98. The number of benzene rings is 1. The first-order valence-corrected chi connectivity index (χ1v) is 10.7. The summed E-state index contributed by atoms with van der Waals surface area (Å²) in [4.78, 5) is 21.0. The SMILES string of the molecule is CSc1nc(N)nc(N[C@H](CCCCN)C(=O)Cc2cccc(C(F)(F)F)c2)c1C#N. The average Bonchev–Trinajstić information content (AvgIpc) is 2.72. The fourth-order valence-electron chi connectivity index (χ4n) is 2.96. The third kappa shape index (κ3) is 6.83. The van der Waals surface area contributed by atoms with Gasteiger partial charge in [-0.05, 0) is 43.7 Å². The molecule has 5 N–H and O–H groups in total. The number of ketones is 1. The van der Waals surface area contributed by atoms with Crippen LogP contribution in [0.5, 0.6) is 0 Å². The van der Waals surface area contributed by atoms with Crippen LogP contribution < -0.4 is 16.8 Å². The average molecular weight is 453 g/mol. The normalized spacial score (nSPS) is 12.3. The van der Waals surface area contributed by atoms with Gasteiger partial charge in [-0.15, -0.1) is 11.8 Å². The number of carbonyl (C=O) groups is 1. The van der Waals surface area contributed by atoms with E-state index < -0.39 is 17.8 Å². The van der Waals surface area contributed by atoms with E-state index in [2.05, 4.69) is 15.3 Å². The Kier molecular flexibility index (Phi) is 8.65. The molecule has 0 fully saturated rings. The summed E-state index contributed by atoms with van der Waals surface area (Å²) in [5, 5.41) is 12.8. The molecule has 0 aliphatic heterocycles. The van der Waals surface area contributed by atoms with Gasteiger partial charge in [-0.25, -0.2) is 4.98 Å². The number of unbranched alkanes of at least 4 members (excludes halogenated alkanes) is 1. The molecule has 0 saturated carbocycles. The predicted octanol–water partition coefficient (Wildman–Crippen LogP) is 3.39. The Labute approximate surface area is 182 Å². The number of hydrogen-bond acceptors (Lipinski definition) is 8. The summed E-state index contributed by atoms with van der Waals surface area (Å²) in [5.74, 6) is -0.269. The lowest BCUT2D eigenvalue weighted by Gasteiger charge is -2.20. The fraction of sp³-hybridized carbons (Fsp3) is 0.400. The lowest BCUT2D eigenvalue weighted by molar-refractivity contribution is -0.137. The molecule has 0 radical (unpaired) electrons. The van der Waals surface area contributed by atoms with Crippen molar-refractivity contribution in [3.63, 3.8) is 0 Å². The van der Waals surface area contributed by atoms with Crippen molar-refractivity contribution < 1.29 is 18.0 Å². The van der Waals surface area contributed by atoms with Crippen LogP contribution in [-0.2, 0) is 17.4 Å². The molecule has 2 rings (SSSR count). The Hall–Kier alpha value is -2.84. The molecule has 0 saturated heterocycles. The third-order valence-corrected chi connectivity index (χ3v) is 5.16. The molecule has 11 heteroatoms. The van der Waals surface area contributed by atoms with Crippen LogP contribution in [0.1, 0.15) is 36.0 Å². The zero-order chi connectivity index (χ0) is 23.0. The summed E-state index contributed by atoms with van der Waals surface area (Å²) in [5.41, 5.74) is 10.8. The first-order valence-electron chi connectivity index (χ1n) is 9.46. The van der Waals surface area contributed by atoms with Crippen molar-refractivity contribution in [2.24, 2.45) is 5.73 Å². The Morgan fingerprint density at radius 3 is 2.68 bits per heavy atom. The molecule has 0 spiro atoms. The van der Waals surface area contributed by atoms with Gasteiger partial charge in [0.15, 0.2) is 11.6 Å². The molecule has 1 aromatic heterocycles. The summed E-state index contributed by atoms with van der Waals surface area (Å²) >= 11 is 1.21. The molecule has 1 atom stereocenters. The second-order valence-corrected chi connectivity index (χ2v) is 7.54. The number of alkyl halides is 3. The molecule has 1 aromatic carbocycles. The number of rotatable bonds is 10. The van der Waals surface area contributed by atoms with Gasteiger partial charge in [0.25, 0.3) is 0 Å². The van der Waals surface area contributed by atoms with Crippen LogP contribution in [0.4, 0.5) is 24.9 Å². The number of nitrogens with two attached hydrogens (primary N) is 2. The maximum Gasteiger partial charge on any atom is 0.416 e. The minimum atomic E-state index is -4.49. The fourth-order valence-corrected chi connectivity index (χ4v) is 3.49. The molecular formula is C20H23F3N6OS. The Morgan fingerprint density at radius 1 is 1.32 bits per heavy atom. The number of carbonyl (C=O) groups excluding carboxylic acids is 1. The highest BCUT2D eigenvalue weighted by Gasteiger charge is 2.31. The van der Waals surface area contributed by atoms with E-state index in [1.807, 2.05) is 6.07 Å². The summed E-state index contributed by atoms with van der Waals surface area (Å²) in [6.07, 6.45) is -1.32. The first-order chi connectivity index (χ1) is 14.7. The zero-order valence-electron chi connectivity index (χ0n) is 16.9. The molecule has 7 nitrogen and oxygen atoms in total. The number of nitrogen functional groups attached to an aromatic ring is 1. The summed E-state index contributed by atoms with van der Waals surface area (Å²) < 4.78 is 38.9. The van der Waals surface area contributed by atoms with Crippen molar-refractivity contribution in [1.82, 2.24) is 9.97 Å². The van der Waals surface area contributed by atoms with E-state index in [0.717, 1.165) is 12.1 Å². The number of thioether (sulfide) groups is 1. The number of nitrogens with one attached hydrogen (secondary N) is 1. The highest BCUT2D eigenvalue weighted by atomic mass is 32.2. The van der Waals surface area contributed by atoms with Crippen LogP contribution in [0.2, 0.25) is 0 Å². The zero-order valence-corrected chi connectivity index (χ0v) is 17.7. The molecule has 0 amide bonds. The lowest BCUT2D eigenvalue weighted by Crippen LogP contribution is -2.32. The van der Waals surface area contributed by atoms with Gasteiger partial charge in [0.1, 0.15) is 16.7 Å². The standard InChI is InChI=1S/C20H23F3N6OS/c1-31-18-14(11-25)17(28-19(26)29-18)27-15(7-2-3-8-24)16(30)10-12-5-4-6-13(9-12)20(21,22)23/h4-6,9,15H,2-3,7-8,10,24H2,1H3,(H3,26,27,28,29)/t15-/m1/s1. The number of nitriles is 1. The monoisotopic (exact) mass is 452 g/mol. The lowest BCUT2D eigenvalue weighted by atomic mass is 9.98. The van der Waals surface area contributed by atoms with Crippen molar-refractivity contribution >= 4 is 29.3 Å². The molecule has 2 aromatic rings. The first kappa shape index (κ1) is 24.4. The second-order valence-electron chi connectivity index (χ2n) is 6.75. The molecule has 1 heterocycles. The molecule has 0 bridgehead atoms. The van der Waals surface area contributed by atoms with E-state index in [-0.39, 0.29) is 35.1 Å². The van der Waals surface area contributed by atoms with Gasteiger partial charge in [0.2, 0.25) is 5.95 Å². The molecule has 166 valence electrons.